The molecule has 0 aliphatic carbocycles. The smallest absolute Gasteiger partial charge is 0.288 e. The summed E-state index contributed by atoms with van der Waals surface area (Å²) < 4.78 is 3.64. The van der Waals surface area contributed by atoms with E-state index in [4.69, 9.17) is 0 Å². The lowest BCUT2D eigenvalue weighted by atomic mass is 10.1. The molecule has 2 amide bonds. The summed E-state index contributed by atoms with van der Waals surface area (Å²) in [5.74, 6) is -0.495. The maximum absolute atomic E-state index is 11.9. The minimum atomic E-state index is -1.36. The van der Waals surface area contributed by atoms with Crippen molar-refractivity contribution in [3.8, 4) is 0 Å². The maximum Gasteiger partial charge on any atom is 0.288 e. The lowest BCUT2D eigenvalue weighted by Crippen LogP contribution is -2.57. The summed E-state index contributed by atoms with van der Waals surface area (Å²) in [7, 11) is 0. The van der Waals surface area contributed by atoms with Crippen molar-refractivity contribution < 1.29 is 29.2 Å². The molecule has 1 saturated heterocycles. The third-order valence-electron chi connectivity index (χ3n) is 4.69. The minimum absolute atomic E-state index is 0.0631. The van der Waals surface area contributed by atoms with Crippen LogP contribution >= 0.6 is 23.1 Å². The summed E-state index contributed by atoms with van der Waals surface area (Å²) in [4.78, 5) is 36.7. The number of amides is 2. The summed E-state index contributed by atoms with van der Waals surface area (Å²) >= 11 is 3.00. The zero-order valence-electron chi connectivity index (χ0n) is 14.0. The number of fused-ring (bicyclic) bond motifs is 2. The van der Waals surface area contributed by atoms with Crippen molar-refractivity contribution in [1.29, 1.82) is 0 Å². The van der Waals surface area contributed by atoms with Crippen LogP contribution in [-0.2, 0) is 20.9 Å². The number of aliphatic hydroxyl groups excluding tert-OH is 1. The van der Waals surface area contributed by atoms with Gasteiger partial charge in [0.15, 0.2) is 6.04 Å². The molecule has 2 atom stereocenters. The van der Waals surface area contributed by atoms with Gasteiger partial charge in [0.05, 0.1) is 30.1 Å². The highest BCUT2D eigenvalue weighted by atomic mass is 32.2. The first kappa shape index (κ1) is 18.0. The summed E-state index contributed by atoms with van der Waals surface area (Å²) in [6.45, 7) is -0.0951. The number of β-lactam (4-membered cyclic amide) rings is 1. The highest BCUT2D eigenvalue weighted by Gasteiger charge is 2.43. The lowest BCUT2D eigenvalue weighted by molar-refractivity contribution is -0.696. The number of carboxylic acid groups (broad SMARTS) is 1. The van der Waals surface area contributed by atoms with E-state index in [1.54, 1.807) is 4.57 Å². The molecule has 2 aromatic rings. The molecule has 2 aliphatic rings. The lowest BCUT2D eigenvalue weighted by Gasteiger charge is -2.45. The molecule has 4 rings (SSSR count). The number of nitrogens with one attached hydrogen (secondary N) is 1. The van der Waals surface area contributed by atoms with Gasteiger partial charge in [0.1, 0.15) is 18.9 Å². The largest absolute Gasteiger partial charge is 0.543 e. The van der Waals surface area contributed by atoms with E-state index in [0.29, 0.717) is 30.0 Å². The van der Waals surface area contributed by atoms with E-state index >= 15 is 0 Å². The van der Waals surface area contributed by atoms with E-state index in [2.05, 4.69) is 5.32 Å². The number of thioether (sulfide) groups is 1. The first-order valence-corrected chi connectivity index (χ1v) is 10.1. The van der Waals surface area contributed by atoms with Gasteiger partial charge in [-0.15, -0.1) is 11.8 Å². The second-order valence-electron chi connectivity index (χ2n) is 6.22. The fourth-order valence-corrected chi connectivity index (χ4v) is 5.52. The van der Waals surface area contributed by atoms with E-state index in [1.807, 2.05) is 22.2 Å². The quantitative estimate of drug-likeness (QED) is 0.323. The van der Waals surface area contributed by atoms with Crippen molar-refractivity contribution in [3.05, 3.63) is 34.9 Å². The number of aromatic nitrogens is 2. The third kappa shape index (κ3) is 2.91. The predicted molar refractivity (Wildman–Crippen MR) is 94.2 cm³/mol. The van der Waals surface area contributed by atoms with E-state index in [-0.39, 0.29) is 30.1 Å². The molecule has 142 valence electrons. The third-order valence-corrected chi connectivity index (χ3v) is 6.77. The van der Waals surface area contributed by atoms with Crippen LogP contribution in [0.3, 0.4) is 0 Å². The first-order chi connectivity index (χ1) is 13.0. The summed E-state index contributed by atoms with van der Waals surface area (Å²) in [6, 6.07) is -0.652. The van der Waals surface area contributed by atoms with Gasteiger partial charge >= 0.3 is 0 Å². The number of nitrogens with zero attached hydrogens (tertiary/aromatic N) is 3. The molecule has 2 N–H and O–H groups in total. The number of carbonyl (C=O) groups is 3. The van der Waals surface area contributed by atoms with Crippen LogP contribution in [0.15, 0.2) is 29.0 Å². The summed E-state index contributed by atoms with van der Waals surface area (Å²) in [5, 5.41) is 25.7. The number of aliphatic carboxylic acids is 1. The number of carboxylic acids is 1. The predicted octanol–water partition coefficient (Wildman–Crippen LogP) is -1.62. The monoisotopic (exact) mass is 408 g/mol. The molecule has 2 aromatic heterocycles. The van der Waals surface area contributed by atoms with Crippen LogP contribution in [0.1, 0.15) is 18.3 Å². The number of imidazole rings is 1. The van der Waals surface area contributed by atoms with Gasteiger partial charge in [0.2, 0.25) is 17.1 Å². The van der Waals surface area contributed by atoms with Gasteiger partial charge in [0.25, 0.3) is 5.82 Å². The molecular weight excluding hydrogens is 392 g/mol. The van der Waals surface area contributed by atoms with E-state index in [1.165, 1.54) is 28.0 Å². The molecule has 0 aromatic carbocycles. The Balaban J connectivity index is 1.77. The zero-order chi connectivity index (χ0) is 19.1. The van der Waals surface area contributed by atoms with Crippen molar-refractivity contribution >= 4 is 46.2 Å². The van der Waals surface area contributed by atoms with Crippen LogP contribution in [0.4, 0.5) is 0 Å². The summed E-state index contributed by atoms with van der Waals surface area (Å²) in [6.07, 6.45) is 4.51. The first-order valence-electron chi connectivity index (χ1n) is 8.20. The molecule has 0 radical (unpaired) electrons. The van der Waals surface area contributed by atoms with Crippen LogP contribution in [0.2, 0.25) is 0 Å². The summed E-state index contributed by atoms with van der Waals surface area (Å²) in [5.41, 5.74) is 0.503. The van der Waals surface area contributed by atoms with Crippen molar-refractivity contribution in [3.63, 3.8) is 0 Å². The fraction of sp³-hybridized carbons (Fsp3) is 0.375. The van der Waals surface area contributed by atoms with Gasteiger partial charge in [-0.25, -0.2) is 4.57 Å². The molecule has 27 heavy (non-hydrogen) atoms. The molecule has 9 nitrogen and oxygen atoms in total. The van der Waals surface area contributed by atoms with Gasteiger partial charge in [0, 0.05) is 16.7 Å². The Labute approximate surface area is 161 Å². The zero-order valence-corrected chi connectivity index (χ0v) is 15.7. The standard InChI is InChI=1S/C16H16N4O5S2/c21-6-10(17-8-22)15-18(5-13-19(15)1-2-26-13)4-9-7-27-12-3-11(23)20(12)14(9)16(24)25/h1-2,5,8,10,12,21H,3-4,6-7H2,(H-,17,22,24,25)/t10-,12-/m0/s1. The Morgan fingerprint density at radius 3 is 3.04 bits per heavy atom. The number of rotatable bonds is 7. The van der Waals surface area contributed by atoms with Gasteiger partial charge in [-0.3, -0.25) is 14.5 Å². The molecule has 2 aliphatic heterocycles. The van der Waals surface area contributed by atoms with Crippen LogP contribution in [0.25, 0.3) is 4.83 Å². The van der Waals surface area contributed by atoms with Crippen molar-refractivity contribution in [1.82, 2.24) is 14.6 Å². The molecule has 0 spiro atoms. The Kier molecular flexibility index (Phi) is 4.66. The molecule has 0 saturated carbocycles. The van der Waals surface area contributed by atoms with Crippen LogP contribution in [0, 0.1) is 0 Å². The Hall–Kier alpha value is -2.37. The second-order valence-corrected chi connectivity index (χ2v) is 8.31. The topological polar surface area (TPSA) is 118 Å². The molecule has 0 bridgehead atoms. The Morgan fingerprint density at radius 1 is 1.56 bits per heavy atom. The number of hydrogen-bond acceptors (Lipinski definition) is 7. The van der Waals surface area contributed by atoms with Crippen molar-refractivity contribution in [2.45, 2.75) is 24.4 Å². The van der Waals surface area contributed by atoms with Crippen molar-refractivity contribution in [2.75, 3.05) is 12.4 Å². The average molecular weight is 408 g/mol. The average Bonchev–Trinajstić information content (AvgIpc) is 3.20. The SMILES string of the molecule is O=CN[C@@H](CO)c1n2ccsc2c[n+]1CC1=C(C(=O)[O-])N2C(=O)C[C@@H]2SC1. The van der Waals surface area contributed by atoms with Crippen LogP contribution in [-0.4, -0.2) is 50.4 Å². The molecule has 4 heterocycles. The van der Waals surface area contributed by atoms with Gasteiger partial charge < -0.3 is 20.3 Å². The number of hydrogen-bond donors (Lipinski definition) is 2. The van der Waals surface area contributed by atoms with Crippen LogP contribution in [0.5, 0.6) is 0 Å². The van der Waals surface area contributed by atoms with Crippen molar-refractivity contribution in [2.24, 2.45) is 0 Å². The fourth-order valence-electron chi connectivity index (χ4n) is 3.49. The number of thiazole rings is 1. The van der Waals surface area contributed by atoms with E-state index in [0.717, 1.165) is 4.83 Å². The minimum Gasteiger partial charge on any atom is -0.543 e. The van der Waals surface area contributed by atoms with Gasteiger partial charge in [-0.05, 0) is 0 Å². The van der Waals surface area contributed by atoms with E-state index in [9.17, 15) is 24.6 Å². The second kappa shape index (κ2) is 6.98. The normalized spacial score (nSPS) is 20.4. The van der Waals surface area contributed by atoms with Crippen LogP contribution < -0.4 is 15.0 Å². The number of aliphatic hydroxyl groups is 1. The van der Waals surface area contributed by atoms with Gasteiger partial charge in [-0.2, -0.15) is 4.40 Å². The van der Waals surface area contributed by atoms with E-state index < -0.39 is 12.0 Å². The Bertz CT molecular complexity index is 965. The maximum atomic E-state index is 11.9. The molecule has 1 fully saturated rings. The molecule has 11 heteroatoms. The molecule has 0 unspecified atom stereocenters. The highest BCUT2D eigenvalue weighted by Crippen LogP contribution is 2.39. The Morgan fingerprint density at radius 2 is 2.37 bits per heavy atom. The van der Waals surface area contributed by atoms with Gasteiger partial charge in [-0.1, -0.05) is 11.3 Å². The highest BCUT2D eigenvalue weighted by molar-refractivity contribution is 8.00. The molecular formula is C16H16N4O5S2. The number of carbonyl (C=O) groups excluding carboxylic acids is 3.